The Balaban J connectivity index is 1.74. The van der Waals surface area contributed by atoms with E-state index in [9.17, 15) is 4.79 Å². The number of benzene rings is 2. The Labute approximate surface area is 136 Å². The number of halogens is 1. The van der Waals surface area contributed by atoms with Crippen molar-refractivity contribution in [3.05, 3.63) is 76.4 Å². The van der Waals surface area contributed by atoms with E-state index in [0.717, 1.165) is 14.9 Å². The van der Waals surface area contributed by atoms with Crippen LogP contribution in [0.2, 0.25) is 0 Å². The highest BCUT2D eigenvalue weighted by atomic mass is 127. The van der Waals surface area contributed by atoms with Crippen molar-refractivity contribution >= 4 is 34.2 Å². The highest BCUT2D eigenvalue weighted by Crippen LogP contribution is 2.14. The first-order valence-corrected chi connectivity index (χ1v) is 7.45. The van der Waals surface area contributed by atoms with E-state index in [-0.39, 0.29) is 5.91 Å². The summed E-state index contributed by atoms with van der Waals surface area (Å²) < 4.78 is 3.02. The zero-order valence-electron chi connectivity index (χ0n) is 11.0. The lowest BCUT2D eigenvalue weighted by atomic mass is 10.2. The number of nitrogens with zero attached hydrogens (tertiary/aromatic N) is 2. The van der Waals surface area contributed by atoms with Gasteiger partial charge in [0, 0.05) is 32.9 Å². The summed E-state index contributed by atoms with van der Waals surface area (Å²) in [7, 11) is 0. The van der Waals surface area contributed by atoms with Gasteiger partial charge in [-0.05, 0) is 71.1 Å². The summed E-state index contributed by atoms with van der Waals surface area (Å²) in [6.07, 6.45) is 5.30. The predicted octanol–water partition coefficient (Wildman–Crippen LogP) is 3.73. The molecule has 1 amide bonds. The van der Waals surface area contributed by atoms with Gasteiger partial charge in [-0.3, -0.25) is 4.79 Å². The highest BCUT2D eigenvalue weighted by molar-refractivity contribution is 14.1. The molecule has 3 rings (SSSR count). The van der Waals surface area contributed by atoms with Gasteiger partial charge in [-0.25, -0.2) is 4.98 Å². The average Bonchev–Trinajstić information content (AvgIpc) is 3.04. The fraction of sp³-hybridized carbons (Fsp3) is 0. The van der Waals surface area contributed by atoms with Crippen molar-refractivity contribution < 1.29 is 4.79 Å². The fourth-order valence-electron chi connectivity index (χ4n) is 1.93. The quantitative estimate of drug-likeness (QED) is 0.694. The zero-order chi connectivity index (χ0) is 14.7. The predicted molar refractivity (Wildman–Crippen MR) is 90.7 cm³/mol. The van der Waals surface area contributed by atoms with Crippen molar-refractivity contribution in [1.29, 1.82) is 0 Å². The van der Waals surface area contributed by atoms with Crippen molar-refractivity contribution in [2.45, 2.75) is 0 Å². The van der Waals surface area contributed by atoms with Gasteiger partial charge in [0.1, 0.15) is 0 Å². The second kappa shape index (κ2) is 6.09. The van der Waals surface area contributed by atoms with Crippen LogP contribution in [0.1, 0.15) is 10.4 Å². The van der Waals surface area contributed by atoms with Crippen molar-refractivity contribution in [2.24, 2.45) is 0 Å². The fourth-order valence-corrected chi connectivity index (χ4v) is 2.29. The summed E-state index contributed by atoms with van der Waals surface area (Å²) in [5.74, 6) is -0.117. The summed E-state index contributed by atoms with van der Waals surface area (Å²) in [6.45, 7) is 0. The molecule has 0 saturated carbocycles. The molecule has 0 unspecified atom stereocenters. The summed E-state index contributed by atoms with van der Waals surface area (Å²) in [5, 5.41) is 2.88. The first kappa shape index (κ1) is 13.8. The molecule has 0 spiro atoms. The molecule has 0 bridgehead atoms. The Hall–Kier alpha value is -2.15. The van der Waals surface area contributed by atoms with E-state index in [1.165, 1.54) is 0 Å². The lowest BCUT2D eigenvalue weighted by molar-refractivity contribution is 0.102. The van der Waals surface area contributed by atoms with E-state index in [2.05, 4.69) is 32.9 Å². The number of carbonyl (C=O) groups excluding carboxylic acids is 1. The monoisotopic (exact) mass is 389 g/mol. The summed E-state index contributed by atoms with van der Waals surface area (Å²) in [5.41, 5.74) is 2.38. The van der Waals surface area contributed by atoms with Crippen LogP contribution in [0, 0.1) is 3.57 Å². The molecule has 1 N–H and O–H groups in total. The van der Waals surface area contributed by atoms with E-state index >= 15 is 0 Å². The third kappa shape index (κ3) is 3.30. The van der Waals surface area contributed by atoms with Crippen molar-refractivity contribution in [3.63, 3.8) is 0 Å². The van der Waals surface area contributed by atoms with Crippen LogP contribution in [-0.2, 0) is 0 Å². The Morgan fingerprint density at radius 2 is 1.76 bits per heavy atom. The zero-order valence-corrected chi connectivity index (χ0v) is 13.2. The van der Waals surface area contributed by atoms with Gasteiger partial charge in [-0.2, -0.15) is 0 Å². The van der Waals surface area contributed by atoms with Crippen LogP contribution in [0.4, 0.5) is 5.69 Å². The van der Waals surface area contributed by atoms with Crippen molar-refractivity contribution in [1.82, 2.24) is 9.55 Å². The molecule has 0 fully saturated rings. The molecule has 0 atom stereocenters. The van der Waals surface area contributed by atoms with Gasteiger partial charge in [-0.1, -0.05) is 0 Å². The maximum Gasteiger partial charge on any atom is 0.255 e. The number of amides is 1. The highest BCUT2D eigenvalue weighted by Gasteiger charge is 2.06. The van der Waals surface area contributed by atoms with Crippen molar-refractivity contribution in [2.75, 3.05) is 5.32 Å². The Bertz CT molecular complexity index is 734. The number of carbonyl (C=O) groups is 1. The lowest BCUT2D eigenvalue weighted by Gasteiger charge is -2.07. The van der Waals surface area contributed by atoms with Crippen LogP contribution < -0.4 is 5.32 Å². The number of nitrogens with one attached hydrogen (secondary N) is 1. The number of hydrogen-bond donors (Lipinski definition) is 1. The molecule has 1 heterocycles. The van der Waals surface area contributed by atoms with Gasteiger partial charge in [-0.15, -0.1) is 0 Å². The van der Waals surface area contributed by atoms with Gasteiger partial charge in [0.15, 0.2) is 0 Å². The first-order valence-electron chi connectivity index (χ1n) is 6.38. The van der Waals surface area contributed by atoms with Crippen LogP contribution in [-0.4, -0.2) is 15.5 Å². The Morgan fingerprint density at radius 1 is 1.05 bits per heavy atom. The molecule has 3 aromatic rings. The third-order valence-electron chi connectivity index (χ3n) is 3.03. The van der Waals surface area contributed by atoms with E-state index in [4.69, 9.17) is 0 Å². The molecule has 5 heteroatoms. The van der Waals surface area contributed by atoms with Gasteiger partial charge in [0.05, 0.1) is 6.33 Å². The second-order valence-corrected chi connectivity index (χ2v) is 5.72. The molecule has 0 aliphatic carbocycles. The SMILES string of the molecule is O=C(Nc1ccc(I)cc1)c1ccc(-n2ccnc2)cc1. The molecular weight excluding hydrogens is 377 g/mol. The maximum absolute atomic E-state index is 12.2. The Kier molecular flexibility index (Phi) is 4.01. The molecule has 2 aromatic carbocycles. The van der Waals surface area contributed by atoms with Crippen LogP contribution >= 0.6 is 22.6 Å². The molecule has 0 saturated heterocycles. The standard InChI is InChI=1S/C16H12IN3O/c17-13-3-5-14(6-4-13)19-16(21)12-1-7-15(8-2-12)20-10-9-18-11-20/h1-11H,(H,19,21). The first-order chi connectivity index (χ1) is 10.2. The minimum absolute atomic E-state index is 0.117. The van der Waals surface area contributed by atoms with E-state index in [0.29, 0.717) is 5.56 Å². The minimum atomic E-state index is -0.117. The number of hydrogen-bond acceptors (Lipinski definition) is 2. The van der Waals surface area contributed by atoms with Gasteiger partial charge in [0.25, 0.3) is 5.91 Å². The molecule has 0 radical (unpaired) electrons. The van der Waals surface area contributed by atoms with Gasteiger partial charge in [0.2, 0.25) is 0 Å². The number of anilines is 1. The number of imidazole rings is 1. The van der Waals surface area contributed by atoms with Crippen LogP contribution in [0.3, 0.4) is 0 Å². The summed E-state index contributed by atoms with van der Waals surface area (Å²) in [4.78, 5) is 16.2. The molecule has 4 nitrogen and oxygen atoms in total. The second-order valence-electron chi connectivity index (χ2n) is 4.48. The maximum atomic E-state index is 12.2. The van der Waals surface area contributed by atoms with E-state index in [1.807, 2.05) is 47.2 Å². The molecular formula is C16H12IN3O. The topological polar surface area (TPSA) is 46.9 Å². The smallest absolute Gasteiger partial charge is 0.255 e. The minimum Gasteiger partial charge on any atom is -0.322 e. The van der Waals surface area contributed by atoms with Crippen molar-refractivity contribution in [3.8, 4) is 5.69 Å². The third-order valence-corrected chi connectivity index (χ3v) is 3.75. The van der Waals surface area contributed by atoms with Gasteiger partial charge < -0.3 is 9.88 Å². The van der Waals surface area contributed by atoms with Crippen LogP contribution in [0.25, 0.3) is 5.69 Å². The molecule has 104 valence electrons. The molecule has 21 heavy (non-hydrogen) atoms. The Morgan fingerprint density at radius 3 is 2.38 bits per heavy atom. The van der Waals surface area contributed by atoms with E-state index in [1.54, 1.807) is 24.7 Å². The van der Waals surface area contributed by atoms with Crippen LogP contribution in [0.15, 0.2) is 67.3 Å². The summed E-state index contributed by atoms with van der Waals surface area (Å²) in [6, 6.07) is 15.1. The molecule has 0 aliphatic rings. The summed E-state index contributed by atoms with van der Waals surface area (Å²) >= 11 is 2.23. The van der Waals surface area contributed by atoms with Gasteiger partial charge >= 0.3 is 0 Å². The van der Waals surface area contributed by atoms with Crippen LogP contribution in [0.5, 0.6) is 0 Å². The number of aromatic nitrogens is 2. The largest absolute Gasteiger partial charge is 0.322 e. The molecule has 1 aromatic heterocycles. The number of rotatable bonds is 3. The molecule has 0 aliphatic heterocycles. The average molecular weight is 389 g/mol. The normalized spacial score (nSPS) is 10.3. The van der Waals surface area contributed by atoms with E-state index < -0.39 is 0 Å². The lowest BCUT2D eigenvalue weighted by Crippen LogP contribution is -2.11.